The molecule has 1 aliphatic heterocycles. The predicted molar refractivity (Wildman–Crippen MR) is 141 cm³/mol. The van der Waals surface area contributed by atoms with E-state index in [0.29, 0.717) is 23.9 Å². The molecule has 1 fully saturated rings. The van der Waals surface area contributed by atoms with Gasteiger partial charge in [-0.25, -0.2) is 4.79 Å². The number of likely N-dealkylation sites (tertiary alicyclic amines) is 1. The molecule has 0 bridgehead atoms. The van der Waals surface area contributed by atoms with Gasteiger partial charge in [-0.05, 0) is 57.9 Å². The van der Waals surface area contributed by atoms with Crippen LogP contribution >= 0.6 is 11.6 Å². The lowest BCUT2D eigenvalue weighted by atomic mass is 10.0. The Bertz CT molecular complexity index is 1400. The van der Waals surface area contributed by atoms with E-state index in [1.54, 1.807) is 23.5 Å². The van der Waals surface area contributed by atoms with E-state index >= 15 is 0 Å². The second-order valence-electron chi connectivity index (χ2n) is 9.91. The molecule has 4 heterocycles. The van der Waals surface area contributed by atoms with Gasteiger partial charge in [0.25, 0.3) is 0 Å². The van der Waals surface area contributed by atoms with Crippen molar-refractivity contribution in [1.82, 2.24) is 19.9 Å². The molecule has 5 rings (SSSR count). The van der Waals surface area contributed by atoms with Crippen molar-refractivity contribution < 1.29 is 14.3 Å². The number of hydrogen-bond donors (Lipinski definition) is 1. The Kier molecular flexibility index (Phi) is 6.58. The standard InChI is InChI=1S/C28H29ClN4O3/c1-28(2,3)36-27(34)33-15-7-8-18(33)17-35-23-16-30-14-12-20(23)25-24(19-9-4-5-10-21(19)29)26-22(32-25)11-6-13-31-26/h4-6,9-14,16,18,32H,7-8,15,17H2,1-3H3/t18-/m0/s1. The number of aromatic nitrogens is 3. The second kappa shape index (κ2) is 9.82. The van der Waals surface area contributed by atoms with Crippen LogP contribution in [0.25, 0.3) is 33.4 Å². The third-order valence-electron chi connectivity index (χ3n) is 6.19. The van der Waals surface area contributed by atoms with Gasteiger partial charge in [-0.2, -0.15) is 0 Å². The van der Waals surface area contributed by atoms with Gasteiger partial charge in [-0.1, -0.05) is 29.8 Å². The van der Waals surface area contributed by atoms with Crippen LogP contribution in [0.15, 0.2) is 61.1 Å². The molecule has 0 radical (unpaired) electrons. The van der Waals surface area contributed by atoms with Gasteiger partial charge in [0.2, 0.25) is 0 Å². The lowest BCUT2D eigenvalue weighted by molar-refractivity contribution is 0.0187. The summed E-state index contributed by atoms with van der Waals surface area (Å²) in [6.07, 6.45) is 6.68. The van der Waals surface area contributed by atoms with E-state index in [4.69, 9.17) is 21.1 Å². The molecule has 1 saturated heterocycles. The van der Waals surface area contributed by atoms with Gasteiger partial charge < -0.3 is 19.4 Å². The van der Waals surface area contributed by atoms with Crippen LogP contribution in [-0.2, 0) is 4.74 Å². The quantitative estimate of drug-likeness (QED) is 0.326. The van der Waals surface area contributed by atoms with Crippen LogP contribution in [0.2, 0.25) is 5.02 Å². The second-order valence-corrected chi connectivity index (χ2v) is 10.3. The number of nitrogens with one attached hydrogen (secondary N) is 1. The van der Waals surface area contributed by atoms with Crippen molar-refractivity contribution in [2.75, 3.05) is 13.2 Å². The van der Waals surface area contributed by atoms with E-state index in [9.17, 15) is 4.79 Å². The molecule has 0 unspecified atom stereocenters. The molecule has 3 aromatic heterocycles. The molecule has 36 heavy (non-hydrogen) atoms. The monoisotopic (exact) mass is 504 g/mol. The fraction of sp³-hybridized carbons (Fsp3) is 0.321. The van der Waals surface area contributed by atoms with Crippen molar-refractivity contribution in [3.05, 3.63) is 66.1 Å². The Morgan fingerprint density at radius 1 is 1.14 bits per heavy atom. The van der Waals surface area contributed by atoms with Crippen molar-refractivity contribution >= 4 is 28.7 Å². The van der Waals surface area contributed by atoms with E-state index in [0.717, 1.165) is 46.3 Å². The molecule has 0 spiro atoms. The summed E-state index contributed by atoms with van der Waals surface area (Å²) < 4.78 is 11.9. The first-order chi connectivity index (χ1) is 17.3. The molecule has 186 valence electrons. The van der Waals surface area contributed by atoms with E-state index in [2.05, 4.69) is 15.0 Å². The molecule has 0 saturated carbocycles. The summed E-state index contributed by atoms with van der Waals surface area (Å²) in [5.74, 6) is 0.619. The van der Waals surface area contributed by atoms with Crippen molar-refractivity contribution in [3.8, 4) is 28.1 Å². The number of rotatable bonds is 5. The van der Waals surface area contributed by atoms with Gasteiger partial charge in [0.15, 0.2) is 0 Å². The minimum Gasteiger partial charge on any atom is -0.489 e. The average molecular weight is 505 g/mol. The fourth-order valence-electron chi connectivity index (χ4n) is 4.61. The largest absolute Gasteiger partial charge is 0.489 e. The lowest BCUT2D eigenvalue weighted by Gasteiger charge is -2.28. The minimum absolute atomic E-state index is 0.0691. The molecular weight excluding hydrogens is 476 g/mol. The molecule has 0 aliphatic carbocycles. The van der Waals surface area contributed by atoms with Gasteiger partial charge in [0, 0.05) is 40.7 Å². The van der Waals surface area contributed by atoms with Crippen molar-refractivity contribution in [2.45, 2.75) is 45.3 Å². The molecule has 1 N–H and O–H groups in total. The summed E-state index contributed by atoms with van der Waals surface area (Å²) in [7, 11) is 0. The van der Waals surface area contributed by atoms with Crippen molar-refractivity contribution in [2.24, 2.45) is 0 Å². The highest BCUT2D eigenvalue weighted by atomic mass is 35.5. The Labute approximate surface area is 215 Å². The maximum absolute atomic E-state index is 12.7. The maximum Gasteiger partial charge on any atom is 0.410 e. The van der Waals surface area contributed by atoms with Gasteiger partial charge >= 0.3 is 6.09 Å². The number of halogens is 1. The number of pyridine rings is 2. The van der Waals surface area contributed by atoms with Crippen LogP contribution in [0.4, 0.5) is 4.79 Å². The van der Waals surface area contributed by atoms with Crippen molar-refractivity contribution in [1.29, 1.82) is 0 Å². The van der Waals surface area contributed by atoms with Crippen LogP contribution in [0.5, 0.6) is 5.75 Å². The minimum atomic E-state index is -0.541. The number of carbonyl (C=O) groups is 1. The Hall–Kier alpha value is -3.58. The van der Waals surface area contributed by atoms with Gasteiger partial charge in [0.1, 0.15) is 18.0 Å². The van der Waals surface area contributed by atoms with Gasteiger partial charge in [-0.3, -0.25) is 9.97 Å². The number of ether oxygens (including phenoxy) is 2. The zero-order valence-electron chi connectivity index (χ0n) is 20.6. The van der Waals surface area contributed by atoms with Crippen LogP contribution in [0, 0.1) is 0 Å². The highest BCUT2D eigenvalue weighted by Crippen LogP contribution is 2.42. The topological polar surface area (TPSA) is 80.3 Å². The SMILES string of the molecule is CC(C)(C)OC(=O)N1CCC[C@H]1COc1cnccc1-c1[nH]c2cccnc2c1-c1ccccc1Cl. The normalized spacial score (nSPS) is 15.9. The lowest BCUT2D eigenvalue weighted by Crippen LogP contribution is -2.42. The fourth-order valence-corrected chi connectivity index (χ4v) is 4.84. The van der Waals surface area contributed by atoms with Crippen molar-refractivity contribution in [3.63, 3.8) is 0 Å². The van der Waals surface area contributed by atoms with Crippen LogP contribution in [-0.4, -0.2) is 50.7 Å². The first kappa shape index (κ1) is 24.1. The Morgan fingerprint density at radius 3 is 2.78 bits per heavy atom. The molecule has 8 heteroatoms. The molecular formula is C28H29ClN4O3. The summed E-state index contributed by atoms with van der Waals surface area (Å²) in [4.78, 5) is 26.9. The van der Waals surface area contributed by atoms with Crippen LogP contribution in [0.1, 0.15) is 33.6 Å². The number of fused-ring (bicyclic) bond motifs is 1. The Balaban J connectivity index is 1.48. The third kappa shape index (κ3) is 4.88. The van der Waals surface area contributed by atoms with E-state index < -0.39 is 5.60 Å². The molecule has 4 aromatic rings. The first-order valence-electron chi connectivity index (χ1n) is 12.1. The summed E-state index contributed by atoms with van der Waals surface area (Å²) in [5.41, 5.74) is 4.68. The van der Waals surface area contributed by atoms with E-state index in [-0.39, 0.29) is 12.1 Å². The van der Waals surface area contributed by atoms with E-state index in [1.165, 1.54) is 0 Å². The maximum atomic E-state index is 12.7. The predicted octanol–water partition coefficient (Wildman–Crippen LogP) is 6.72. The van der Waals surface area contributed by atoms with Gasteiger partial charge in [0.05, 0.1) is 29.0 Å². The third-order valence-corrected chi connectivity index (χ3v) is 6.52. The van der Waals surface area contributed by atoms with Crippen LogP contribution < -0.4 is 4.74 Å². The van der Waals surface area contributed by atoms with Gasteiger partial charge in [-0.15, -0.1) is 0 Å². The number of aromatic amines is 1. The Morgan fingerprint density at radius 2 is 1.97 bits per heavy atom. The van der Waals surface area contributed by atoms with Crippen LogP contribution in [0.3, 0.4) is 0 Å². The number of hydrogen-bond acceptors (Lipinski definition) is 5. The number of benzene rings is 1. The van der Waals surface area contributed by atoms with E-state index in [1.807, 2.05) is 63.2 Å². The highest BCUT2D eigenvalue weighted by molar-refractivity contribution is 6.34. The summed E-state index contributed by atoms with van der Waals surface area (Å²) in [6, 6.07) is 13.5. The zero-order valence-corrected chi connectivity index (χ0v) is 21.4. The molecule has 1 atom stereocenters. The zero-order chi connectivity index (χ0) is 25.3. The number of H-pyrrole nitrogens is 1. The highest BCUT2D eigenvalue weighted by Gasteiger charge is 2.33. The smallest absolute Gasteiger partial charge is 0.410 e. The number of nitrogens with zero attached hydrogens (tertiary/aromatic N) is 3. The first-order valence-corrected chi connectivity index (χ1v) is 12.5. The number of amides is 1. The summed E-state index contributed by atoms with van der Waals surface area (Å²) in [5, 5.41) is 0.640. The molecule has 1 amide bonds. The average Bonchev–Trinajstić information content (AvgIpc) is 3.47. The molecule has 1 aliphatic rings. The molecule has 1 aromatic carbocycles. The summed E-state index contributed by atoms with van der Waals surface area (Å²) >= 11 is 6.62. The number of carbonyl (C=O) groups excluding carboxylic acids is 1. The summed E-state index contributed by atoms with van der Waals surface area (Å²) in [6.45, 7) is 6.63. The molecule has 7 nitrogen and oxygen atoms in total.